The number of aromatic nitrogens is 2. The molecule has 1 heterocycles. The summed E-state index contributed by atoms with van der Waals surface area (Å²) in [6.45, 7) is -0.148. The molecule has 0 fully saturated rings. The molecule has 0 saturated heterocycles. The van der Waals surface area contributed by atoms with E-state index in [2.05, 4.69) is 9.72 Å². The Hall–Kier alpha value is -3.98. The van der Waals surface area contributed by atoms with Crippen LogP contribution < -0.4 is 0 Å². The fraction of sp³-hybridized carbons (Fsp3) is 0.125. The largest absolute Gasteiger partial charge is 0.491 e. The van der Waals surface area contributed by atoms with Crippen molar-refractivity contribution in [2.24, 2.45) is 0 Å². The maximum absolute atomic E-state index is 12.7. The summed E-state index contributed by atoms with van der Waals surface area (Å²) in [5.74, 6) is -3.60. The van der Waals surface area contributed by atoms with Crippen LogP contribution in [0.4, 0.5) is 13.2 Å². The van der Waals surface area contributed by atoms with E-state index in [0.29, 0.717) is 28.0 Å². The third-order valence-corrected chi connectivity index (χ3v) is 5.02. The molecule has 9 heteroatoms. The molecule has 33 heavy (non-hydrogen) atoms. The number of benzene rings is 3. The molecule has 0 radical (unpaired) electrons. The first-order valence-electron chi connectivity index (χ1n) is 9.84. The monoisotopic (exact) mass is 454 g/mol. The predicted molar refractivity (Wildman–Crippen MR) is 113 cm³/mol. The summed E-state index contributed by atoms with van der Waals surface area (Å²) in [4.78, 5) is 28.2. The smallest absolute Gasteiger partial charge is 0.388 e. The summed E-state index contributed by atoms with van der Waals surface area (Å²) in [5.41, 5.74) is 2.64. The van der Waals surface area contributed by atoms with Gasteiger partial charge in [0.15, 0.2) is 0 Å². The van der Waals surface area contributed by atoms with Crippen LogP contribution in [0.15, 0.2) is 72.8 Å². The molecule has 4 aromatic rings. The number of carbonyl (C=O) groups excluding carboxylic acids is 2. The first-order chi connectivity index (χ1) is 15.8. The lowest BCUT2D eigenvalue weighted by Gasteiger charge is -2.14. The Labute approximate surface area is 185 Å². The lowest BCUT2D eigenvalue weighted by Crippen LogP contribution is -2.28. The molecule has 0 atom stereocenters. The normalized spacial score (nSPS) is 11.5. The van der Waals surface area contributed by atoms with Crippen LogP contribution >= 0.6 is 0 Å². The lowest BCUT2D eigenvalue weighted by atomic mass is 9.97. The Balaban J connectivity index is 1.76. The molecule has 6 nitrogen and oxygen atoms in total. The summed E-state index contributed by atoms with van der Waals surface area (Å²) in [5, 5.41) is 9.71. The zero-order valence-electron chi connectivity index (χ0n) is 17.0. The standard InChI is InChI=1S/C24H17F3N2O4/c25-24(26,27)23(32)33-22(31)18-12-15(10-11-17(18)16-6-2-1-3-7-16)13-29-20-9-5-4-8-19(20)28-21(29)14-30/h1-12,30H,13-14H2. The molecule has 1 N–H and O–H groups in total. The number of para-hydroxylation sites is 2. The van der Waals surface area contributed by atoms with E-state index in [1.54, 1.807) is 59.2 Å². The number of alkyl halides is 3. The van der Waals surface area contributed by atoms with E-state index < -0.39 is 18.1 Å². The summed E-state index contributed by atoms with van der Waals surface area (Å²) in [6.07, 6.45) is -5.30. The summed E-state index contributed by atoms with van der Waals surface area (Å²) in [7, 11) is 0. The Morgan fingerprint density at radius 1 is 0.970 bits per heavy atom. The third-order valence-electron chi connectivity index (χ3n) is 5.02. The SMILES string of the molecule is O=C(OC(=O)C(F)(F)F)c1cc(Cn2c(CO)nc3ccccc32)ccc1-c1ccccc1. The quantitative estimate of drug-likeness (QED) is 0.355. The van der Waals surface area contributed by atoms with Gasteiger partial charge in [-0.05, 0) is 34.9 Å². The van der Waals surface area contributed by atoms with Crippen molar-refractivity contribution < 1.29 is 32.6 Å². The number of imidazole rings is 1. The van der Waals surface area contributed by atoms with E-state index in [9.17, 15) is 27.9 Å². The van der Waals surface area contributed by atoms with Crippen molar-refractivity contribution in [3.8, 4) is 11.1 Å². The molecule has 0 aliphatic carbocycles. The molecular formula is C24H17F3N2O4. The van der Waals surface area contributed by atoms with Crippen LogP contribution in [-0.4, -0.2) is 32.8 Å². The second-order valence-electron chi connectivity index (χ2n) is 7.18. The molecule has 4 rings (SSSR count). The van der Waals surface area contributed by atoms with Crippen molar-refractivity contribution in [3.05, 3.63) is 89.7 Å². The minimum atomic E-state index is -5.30. The van der Waals surface area contributed by atoms with Crippen molar-refractivity contribution in [2.75, 3.05) is 0 Å². The number of hydrogen-bond donors (Lipinski definition) is 1. The van der Waals surface area contributed by atoms with Gasteiger partial charge in [-0.3, -0.25) is 0 Å². The topological polar surface area (TPSA) is 81.4 Å². The van der Waals surface area contributed by atoms with Gasteiger partial charge in [-0.25, -0.2) is 14.6 Å². The van der Waals surface area contributed by atoms with Crippen molar-refractivity contribution in [2.45, 2.75) is 19.3 Å². The van der Waals surface area contributed by atoms with Gasteiger partial charge in [0.2, 0.25) is 0 Å². The van der Waals surface area contributed by atoms with E-state index in [4.69, 9.17) is 0 Å². The zero-order valence-corrected chi connectivity index (χ0v) is 17.0. The van der Waals surface area contributed by atoms with Gasteiger partial charge in [0.1, 0.15) is 12.4 Å². The number of hydrogen-bond acceptors (Lipinski definition) is 5. The van der Waals surface area contributed by atoms with Gasteiger partial charge >= 0.3 is 18.1 Å². The van der Waals surface area contributed by atoms with E-state index in [1.165, 1.54) is 6.07 Å². The molecule has 0 unspecified atom stereocenters. The van der Waals surface area contributed by atoms with Gasteiger partial charge in [0.05, 0.1) is 16.6 Å². The van der Waals surface area contributed by atoms with Crippen LogP contribution in [0.25, 0.3) is 22.2 Å². The van der Waals surface area contributed by atoms with Gasteiger partial charge in [-0.2, -0.15) is 13.2 Å². The maximum Gasteiger partial charge on any atom is 0.491 e. The molecule has 1 aromatic heterocycles. The average Bonchev–Trinajstić information content (AvgIpc) is 3.16. The molecule has 0 amide bonds. The number of aliphatic hydroxyl groups is 1. The fourth-order valence-corrected chi connectivity index (χ4v) is 3.53. The highest BCUT2D eigenvalue weighted by Crippen LogP contribution is 2.28. The third kappa shape index (κ3) is 4.63. The number of nitrogens with zero attached hydrogens (tertiary/aromatic N) is 2. The van der Waals surface area contributed by atoms with Gasteiger partial charge in [-0.15, -0.1) is 0 Å². The number of fused-ring (bicyclic) bond motifs is 1. The van der Waals surface area contributed by atoms with E-state index in [0.717, 1.165) is 5.52 Å². The van der Waals surface area contributed by atoms with Crippen molar-refractivity contribution in [3.63, 3.8) is 0 Å². The fourth-order valence-electron chi connectivity index (χ4n) is 3.53. The lowest BCUT2D eigenvalue weighted by molar-refractivity contribution is -0.193. The average molecular weight is 454 g/mol. The van der Waals surface area contributed by atoms with Gasteiger partial charge in [-0.1, -0.05) is 54.6 Å². The second-order valence-corrected chi connectivity index (χ2v) is 7.18. The van der Waals surface area contributed by atoms with Crippen LogP contribution in [0.2, 0.25) is 0 Å². The van der Waals surface area contributed by atoms with E-state index in [1.807, 2.05) is 12.1 Å². The number of carbonyl (C=O) groups is 2. The predicted octanol–water partition coefficient (Wildman–Crippen LogP) is 4.49. The van der Waals surface area contributed by atoms with Crippen LogP contribution in [0.1, 0.15) is 21.7 Å². The molecule has 0 aliphatic heterocycles. The number of rotatable bonds is 5. The molecule has 3 aromatic carbocycles. The molecule has 0 aliphatic rings. The minimum absolute atomic E-state index is 0.180. The Morgan fingerprint density at radius 2 is 1.67 bits per heavy atom. The second kappa shape index (κ2) is 8.87. The zero-order chi connectivity index (χ0) is 23.6. The summed E-state index contributed by atoms with van der Waals surface area (Å²) in [6, 6.07) is 20.4. The highest BCUT2D eigenvalue weighted by atomic mass is 19.4. The molecule has 168 valence electrons. The number of aliphatic hydroxyl groups excluding tert-OH is 1. The van der Waals surface area contributed by atoms with Crippen molar-refractivity contribution >= 4 is 23.0 Å². The van der Waals surface area contributed by atoms with Gasteiger partial charge < -0.3 is 14.4 Å². The Bertz CT molecular complexity index is 1330. The van der Waals surface area contributed by atoms with E-state index >= 15 is 0 Å². The highest BCUT2D eigenvalue weighted by Gasteiger charge is 2.42. The highest BCUT2D eigenvalue weighted by molar-refractivity contribution is 6.03. The first kappa shape index (κ1) is 22.2. The van der Waals surface area contributed by atoms with Crippen molar-refractivity contribution in [1.29, 1.82) is 0 Å². The molecule has 0 spiro atoms. The van der Waals surface area contributed by atoms with Crippen molar-refractivity contribution in [1.82, 2.24) is 9.55 Å². The van der Waals surface area contributed by atoms with Gasteiger partial charge in [0, 0.05) is 6.54 Å². The first-order valence-corrected chi connectivity index (χ1v) is 9.84. The van der Waals surface area contributed by atoms with Crippen LogP contribution in [-0.2, 0) is 22.7 Å². The number of ether oxygens (including phenoxy) is 1. The van der Waals surface area contributed by atoms with Crippen LogP contribution in [0, 0.1) is 0 Å². The maximum atomic E-state index is 12.7. The molecular weight excluding hydrogens is 437 g/mol. The minimum Gasteiger partial charge on any atom is -0.388 e. The Morgan fingerprint density at radius 3 is 2.36 bits per heavy atom. The van der Waals surface area contributed by atoms with E-state index in [-0.39, 0.29) is 18.7 Å². The number of halogens is 3. The van der Waals surface area contributed by atoms with Crippen LogP contribution in [0.3, 0.4) is 0 Å². The summed E-state index contributed by atoms with van der Waals surface area (Å²) < 4.78 is 43.8. The number of esters is 2. The molecule has 0 saturated carbocycles. The van der Waals surface area contributed by atoms with Crippen LogP contribution in [0.5, 0.6) is 0 Å². The summed E-state index contributed by atoms with van der Waals surface area (Å²) >= 11 is 0. The Kier molecular flexibility index (Phi) is 5.97. The molecule has 0 bridgehead atoms. The van der Waals surface area contributed by atoms with Gasteiger partial charge in [0.25, 0.3) is 0 Å².